The van der Waals surface area contributed by atoms with Gasteiger partial charge in [-0.2, -0.15) is 0 Å². The summed E-state index contributed by atoms with van der Waals surface area (Å²) in [7, 11) is 0. The van der Waals surface area contributed by atoms with Crippen molar-refractivity contribution in [2.45, 2.75) is 12.5 Å². The molecule has 1 aromatic carbocycles. The molecule has 0 aliphatic heterocycles. The standard InChI is InChI=1S/C15H16O4/c1-10-8-15(19,9-16)13(14(17)18)7-12(10)11-5-3-2-4-6-11/h2-8,13,16,19H,9H2,1H3,(H,17,18). The van der Waals surface area contributed by atoms with Gasteiger partial charge in [-0.05, 0) is 29.7 Å². The lowest BCUT2D eigenvalue weighted by molar-refractivity contribution is -0.148. The summed E-state index contributed by atoms with van der Waals surface area (Å²) in [5.41, 5.74) is 0.669. The van der Waals surface area contributed by atoms with Crippen LogP contribution in [0.15, 0.2) is 48.1 Å². The van der Waals surface area contributed by atoms with Crippen LogP contribution >= 0.6 is 0 Å². The molecule has 19 heavy (non-hydrogen) atoms. The number of hydrogen-bond donors (Lipinski definition) is 3. The largest absolute Gasteiger partial charge is 0.481 e. The van der Waals surface area contributed by atoms with Crippen LogP contribution in [0.4, 0.5) is 0 Å². The van der Waals surface area contributed by atoms with E-state index in [0.29, 0.717) is 0 Å². The molecule has 3 N–H and O–H groups in total. The average Bonchev–Trinajstić information content (AvgIpc) is 2.39. The maximum absolute atomic E-state index is 11.3. The zero-order valence-corrected chi connectivity index (χ0v) is 10.6. The van der Waals surface area contributed by atoms with Gasteiger partial charge in [-0.3, -0.25) is 4.79 Å². The third-order valence-electron chi connectivity index (χ3n) is 3.37. The van der Waals surface area contributed by atoms with Gasteiger partial charge in [-0.15, -0.1) is 0 Å². The van der Waals surface area contributed by atoms with Crippen LogP contribution in [-0.2, 0) is 4.79 Å². The van der Waals surface area contributed by atoms with Crippen molar-refractivity contribution in [3.8, 4) is 0 Å². The Bertz CT molecular complexity index is 545. The quantitative estimate of drug-likeness (QED) is 0.768. The van der Waals surface area contributed by atoms with Gasteiger partial charge in [0, 0.05) is 0 Å². The van der Waals surface area contributed by atoms with E-state index in [1.807, 2.05) is 30.3 Å². The molecule has 0 saturated heterocycles. The summed E-state index contributed by atoms with van der Waals surface area (Å²) in [4.78, 5) is 11.3. The third kappa shape index (κ3) is 2.45. The number of allylic oxidation sites excluding steroid dienone is 2. The lowest BCUT2D eigenvalue weighted by Crippen LogP contribution is -2.44. The second-order valence-electron chi connectivity index (χ2n) is 4.74. The molecule has 1 aliphatic carbocycles. The Hall–Kier alpha value is -1.91. The Morgan fingerprint density at radius 2 is 1.95 bits per heavy atom. The molecule has 4 nitrogen and oxygen atoms in total. The van der Waals surface area contributed by atoms with Gasteiger partial charge in [0.2, 0.25) is 0 Å². The molecular weight excluding hydrogens is 244 g/mol. The van der Waals surface area contributed by atoms with Crippen molar-refractivity contribution in [2.24, 2.45) is 5.92 Å². The molecule has 1 aliphatic rings. The molecule has 4 heteroatoms. The van der Waals surface area contributed by atoms with Crippen LogP contribution in [-0.4, -0.2) is 33.5 Å². The number of hydrogen-bond acceptors (Lipinski definition) is 3. The number of rotatable bonds is 3. The maximum atomic E-state index is 11.3. The molecular formula is C15H16O4. The first kappa shape index (κ1) is 13.5. The maximum Gasteiger partial charge on any atom is 0.313 e. The number of carbonyl (C=O) groups is 1. The van der Waals surface area contributed by atoms with E-state index in [-0.39, 0.29) is 0 Å². The lowest BCUT2D eigenvalue weighted by Gasteiger charge is -2.32. The first-order chi connectivity index (χ1) is 8.98. The topological polar surface area (TPSA) is 77.8 Å². The second kappa shape index (κ2) is 4.99. The van der Waals surface area contributed by atoms with E-state index < -0.39 is 24.1 Å². The third-order valence-corrected chi connectivity index (χ3v) is 3.37. The Morgan fingerprint density at radius 1 is 1.32 bits per heavy atom. The summed E-state index contributed by atoms with van der Waals surface area (Å²) in [6.07, 6.45) is 2.93. The highest BCUT2D eigenvalue weighted by Gasteiger charge is 2.41. The van der Waals surface area contributed by atoms with Crippen LogP contribution in [0.25, 0.3) is 5.57 Å². The van der Waals surface area contributed by atoms with Gasteiger partial charge in [0.25, 0.3) is 0 Å². The summed E-state index contributed by atoms with van der Waals surface area (Å²) >= 11 is 0. The number of aliphatic hydroxyl groups is 2. The highest BCUT2D eigenvalue weighted by atomic mass is 16.4. The van der Waals surface area contributed by atoms with Crippen LogP contribution in [0.1, 0.15) is 12.5 Å². The first-order valence-electron chi connectivity index (χ1n) is 6.01. The molecule has 0 aromatic heterocycles. The minimum Gasteiger partial charge on any atom is -0.481 e. The fourth-order valence-corrected chi connectivity index (χ4v) is 2.36. The van der Waals surface area contributed by atoms with E-state index in [1.165, 1.54) is 12.2 Å². The van der Waals surface area contributed by atoms with Gasteiger partial charge in [-0.1, -0.05) is 36.4 Å². The smallest absolute Gasteiger partial charge is 0.313 e. The highest BCUT2D eigenvalue weighted by molar-refractivity contribution is 5.86. The molecule has 0 spiro atoms. The summed E-state index contributed by atoms with van der Waals surface area (Å²) in [6.45, 7) is 1.16. The molecule has 0 bridgehead atoms. The average molecular weight is 260 g/mol. The van der Waals surface area contributed by atoms with Crippen LogP contribution in [0.3, 0.4) is 0 Å². The lowest BCUT2D eigenvalue weighted by atomic mass is 9.77. The van der Waals surface area contributed by atoms with Crippen LogP contribution in [0, 0.1) is 5.92 Å². The molecule has 1 aromatic rings. The van der Waals surface area contributed by atoms with E-state index in [9.17, 15) is 20.1 Å². The fraction of sp³-hybridized carbons (Fsp3) is 0.267. The van der Waals surface area contributed by atoms with Crippen molar-refractivity contribution in [3.05, 3.63) is 53.6 Å². The molecule has 2 rings (SSSR count). The zero-order valence-electron chi connectivity index (χ0n) is 10.6. The number of aliphatic hydroxyl groups excluding tert-OH is 1. The van der Waals surface area contributed by atoms with Crippen molar-refractivity contribution < 1.29 is 20.1 Å². The van der Waals surface area contributed by atoms with Crippen molar-refractivity contribution in [3.63, 3.8) is 0 Å². The Kier molecular flexibility index (Phi) is 3.55. The van der Waals surface area contributed by atoms with Gasteiger partial charge < -0.3 is 15.3 Å². The molecule has 2 unspecified atom stereocenters. The molecule has 0 radical (unpaired) electrons. The SMILES string of the molecule is CC1=CC(O)(CO)C(C(=O)O)C=C1c1ccccc1. The predicted molar refractivity (Wildman–Crippen MR) is 71.3 cm³/mol. The molecule has 0 fully saturated rings. The summed E-state index contributed by atoms with van der Waals surface area (Å²) < 4.78 is 0. The fourth-order valence-electron chi connectivity index (χ4n) is 2.36. The van der Waals surface area contributed by atoms with Crippen LogP contribution < -0.4 is 0 Å². The van der Waals surface area contributed by atoms with Crippen molar-refractivity contribution in [1.82, 2.24) is 0 Å². The molecule has 100 valence electrons. The van der Waals surface area contributed by atoms with Gasteiger partial charge in [0.1, 0.15) is 11.5 Å². The van der Waals surface area contributed by atoms with Crippen molar-refractivity contribution in [1.29, 1.82) is 0 Å². The minimum absolute atomic E-state index is 0.625. The Balaban J connectivity index is 2.50. The molecule has 0 heterocycles. The first-order valence-corrected chi connectivity index (χ1v) is 6.01. The summed E-state index contributed by atoms with van der Waals surface area (Å²) in [5.74, 6) is -2.31. The summed E-state index contributed by atoms with van der Waals surface area (Å²) in [6, 6.07) is 9.37. The number of carboxylic acid groups (broad SMARTS) is 1. The van der Waals surface area contributed by atoms with Gasteiger partial charge in [-0.25, -0.2) is 0 Å². The van der Waals surface area contributed by atoms with Crippen LogP contribution in [0.5, 0.6) is 0 Å². The summed E-state index contributed by atoms with van der Waals surface area (Å²) in [5, 5.41) is 28.7. The van der Waals surface area contributed by atoms with E-state index >= 15 is 0 Å². The number of benzene rings is 1. The zero-order chi connectivity index (χ0) is 14.0. The van der Waals surface area contributed by atoms with Crippen molar-refractivity contribution in [2.75, 3.05) is 6.61 Å². The molecule has 0 amide bonds. The number of aliphatic carboxylic acids is 1. The Labute approximate surface area is 111 Å². The van der Waals surface area contributed by atoms with E-state index in [4.69, 9.17) is 0 Å². The van der Waals surface area contributed by atoms with Gasteiger partial charge in [0.05, 0.1) is 6.61 Å². The minimum atomic E-state index is -1.74. The second-order valence-corrected chi connectivity index (χ2v) is 4.74. The van der Waals surface area contributed by atoms with E-state index in [0.717, 1.165) is 16.7 Å². The van der Waals surface area contributed by atoms with Gasteiger partial charge >= 0.3 is 5.97 Å². The molecule has 2 atom stereocenters. The normalized spacial score (nSPS) is 26.6. The van der Waals surface area contributed by atoms with E-state index in [1.54, 1.807) is 6.92 Å². The number of carboxylic acids is 1. The van der Waals surface area contributed by atoms with E-state index in [2.05, 4.69) is 0 Å². The van der Waals surface area contributed by atoms with Crippen molar-refractivity contribution >= 4 is 11.5 Å². The van der Waals surface area contributed by atoms with Crippen LogP contribution in [0.2, 0.25) is 0 Å². The highest BCUT2D eigenvalue weighted by Crippen LogP contribution is 2.35. The predicted octanol–water partition coefficient (Wildman–Crippen LogP) is 1.45. The molecule has 0 saturated carbocycles. The van der Waals surface area contributed by atoms with Gasteiger partial charge in [0.15, 0.2) is 0 Å². The monoisotopic (exact) mass is 260 g/mol. The Morgan fingerprint density at radius 3 is 2.47 bits per heavy atom.